The quantitative estimate of drug-likeness (QED) is 0.577. The Hall–Kier alpha value is -2.60. The normalized spacial score (nSPS) is 15.4. The van der Waals surface area contributed by atoms with Crippen LogP contribution in [-0.2, 0) is 4.74 Å². The summed E-state index contributed by atoms with van der Waals surface area (Å²) in [5.74, 6) is 0. The molecule has 0 amide bonds. The molecule has 6 heteroatoms. The van der Waals surface area contributed by atoms with Crippen molar-refractivity contribution in [2.24, 2.45) is 0 Å². The van der Waals surface area contributed by atoms with E-state index >= 15 is 0 Å². The maximum atomic E-state index is 11.7. The number of fused-ring (bicyclic) bond motifs is 1. The third-order valence-electron chi connectivity index (χ3n) is 3.97. The lowest BCUT2D eigenvalue weighted by atomic mass is 10.1. The second-order valence-electron chi connectivity index (χ2n) is 5.32. The zero-order valence-corrected chi connectivity index (χ0v) is 12.0. The third kappa shape index (κ3) is 2.27. The van der Waals surface area contributed by atoms with Crippen molar-refractivity contribution >= 4 is 16.9 Å². The number of nitrogens with one attached hydrogen (secondary N) is 1. The number of morpholine rings is 1. The average molecular weight is 296 g/mol. The molecule has 1 fully saturated rings. The van der Waals surface area contributed by atoms with Crippen LogP contribution in [0.4, 0.5) is 5.69 Å². The minimum absolute atomic E-state index is 0.481. The highest BCUT2D eigenvalue weighted by atomic mass is 16.5. The van der Waals surface area contributed by atoms with Gasteiger partial charge in [0.25, 0.3) is 0 Å². The smallest absolute Gasteiger partial charge is 0.309 e. The van der Waals surface area contributed by atoms with E-state index in [2.05, 4.69) is 39.1 Å². The number of ether oxygens (including phenoxy) is 1. The molecule has 1 aromatic carbocycles. The second-order valence-corrected chi connectivity index (χ2v) is 5.32. The van der Waals surface area contributed by atoms with E-state index in [9.17, 15) is 5.21 Å². The number of nitrogens with zero attached hydrogens (tertiary/aromatic N) is 3. The van der Waals surface area contributed by atoms with Crippen LogP contribution in [0, 0.1) is 5.21 Å². The molecule has 1 N–H and O–H groups in total. The molecular formula is C16H16N4O2. The molecule has 1 aliphatic rings. The summed E-state index contributed by atoms with van der Waals surface area (Å²) in [6.45, 7) is 3.40. The largest absolute Gasteiger partial charge is 0.710 e. The Morgan fingerprint density at radius 1 is 1.18 bits per heavy atom. The van der Waals surface area contributed by atoms with Gasteiger partial charge in [-0.3, -0.25) is 0 Å². The zero-order chi connectivity index (χ0) is 14.9. The van der Waals surface area contributed by atoms with Crippen molar-refractivity contribution in [2.75, 3.05) is 31.2 Å². The number of anilines is 1. The summed E-state index contributed by atoms with van der Waals surface area (Å²) in [4.78, 5) is 9.65. The first-order valence-corrected chi connectivity index (χ1v) is 7.31. The van der Waals surface area contributed by atoms with E-state index in [0.717, 1.165) is 42.3 Å². The number of aromatic amines is 1. The van der Waals surface area contributed by atoms with Gasteiger partial charge in [0.2, 0.25) is 0 Å². The summed E-state index contributed by atoms with van der Waals surface area (Å²) in [6.07, 6.45) is 2.90. The molecule has 3 aromatic rings. The van der Waals surface area contributed by atoms with Crippen molar-refractivity contribution in [1.82, 2.24) is 9.97 Å². The Morgan fingerprint density at radius 2 is 1.95 bits per heavy atom. The summed E-state index contributed by atoms with van der Waals surface area (Å²) in [5, 5.41) is 11.7. The molecule has 112 valence electrons. The fourth-order valence-corrected chi connectivity index (χ4v) is 2.78. The molecule has 6 nitrogen and oxygen atoms in total. The van der Waals surface area contributed by atoms with Gasteiger partial charge in [-0.1, -0.05) is 0 Å². The Balaban J connectivity index is 1.65. The number of aromatic nitrogens is 3. The molecule has 4 rings (SSSR count). The molecule has 22 heavy (non-hydrogen) atoms. The molecule has 1 saturated heterocycles. The van der Waals surface area contributed by atoms with Gasteiger partial charge in [0.15, 0.2) is 5.52 Å². The molecule has 0 atom stereocenters. The number of H-pyrrole nitrogens is 1. The highest BCUT2D eigenvalue weighted by Gasteiger charge is 2.14. The predicted octanol–water partition coefficient (Wildman–Crippen LogP) is 1.70. The lowest BCUT2D eigenvalue weighted by molar-refractivity contribution is -0.579. The van der Waals surface area contributed by atoms with Crippen LogP contribution in [-0.4, -0.2) is 36.3 Å². The number of hydrogen-bond acceptors (Lipinski definition) is 4. The van der Waals surface area contributed by atoms with E-state index in [-0.39, 0.29) is 0 Å². The minimum Gasteiger partial charge on any atom is -0.710 e. The first-order valence-electron chi connectivity index (χ1n) is 7.31. The topological polar surface area (TPSA) is 68.1 Å². The summed E-state index contributed by atoms with van der Waals surface area (Å²) >= 11 is 0. The van der Waals surface area contributed by atoms with E-state index in [1.54, 1.807) is 0 Å². The Labute approximate surface area is 127 Å². The zero-order valence-electron chi connectivity index (χ0n) is 12.0. The summed E-state index contributed by atoms with van der Waals surface area (Å²) < 4.78 is 6.17. The van der Waals surface area contributed by atoms with Gasteiger partial charge in [0, 0.05) is 30.4 Å². The van der Waals surface area contributed by atoms with Crippen LogP contribution in [0.3, 0.4) is 0 Å². The van der Waals surface area contributed by atoms with Crippen molar-refractivity contribution in [2.45, 2.75) is 0 Å². The maximum absolute atomic E-state index is 11.7. The molecule has 0 bridgehead atoms. The fourth-order valence-electron chi connectivity index (χ4n) is 2.78. The van der Waals surface area contributed by atoms with Crippen molar-refractivity contribution < 1.29 is 9.47 Å². The lowest BCUT2D eigenvalue weighted by Gasteiger charge is -2.28. The van der Waals surface area contributed by atoms with Crippen LogP contribution < -0.4 is 9.63 Å². The summed E-state index contributed by atoms with van der Waals surface area (Å²) in [5.41, 5.74) is 4.28. The molecule has 0 aliphatic carbocycles. The molecular weight excluding hydrogens is 280 g/mol. The van der Waals surface area contributed by atoms with Gasteiger partial charge in [-0.2, -0.15) is 0 Å². The molecule has 0 saturated carbocycles. The average Bonchev–Trinajstić information content (AvgIpc) is 3.02. The van der Waals surface area contributed by atoms with Gasteiger partial charge in [-0.15, -0.1) is 0 Å². The maximum Gasteiger partial charge on any atom is 0.309 e. The van der Waals surface area contributed by atoms with Crippen LogP contribution in [0.15, 0.2) is 42.7 Å². The number of benzene rings is 1. The Bertz CT molecular complexity index is 792. The van der Waals surface area contributed by atoms with Gasteiger partial charge in [-0.25, -0.2) is 14.7 Å². The molecule has 0 spiro atoms. The van der Waals surface area contributed by atoms with E-state index < -0.39 is 0 Å². The molecule has 0 unspecified atom stereocenters. The number of rotatable bonds is 2. The molecule has 0 radical (unpaired) electrons. The van der Waals surface area contributed by atoms with Crippen LogP contribution >= 0.6 is 0 Å². The van der Waals surface area contributed by atoms with Crippen LogP contribution in [0.25, 0.3) is 22.4 Å². The second kappa shape index (κ2) is 5.31. The van der Waals surface area contributed by atoms with Crippen molar-refractivity contribution in [3.8, 4) is 11.3 Å². The van der Waals surface area contributed by atoms with Crippen LogP contribution in [0.5, 0.6) is 0 Å². The van der Waals surface area contributed by atoms with Gasteiger partial charge >= 0.3 is 5.65 Å². The van der Waals surface area contributed by atoms with Crippen LogP contribution in [0.1, 0.15) is 0 Å². The Kier molecular flexibility index (Phi) is 3.16. The highest BCUT2D eigenvalue weighted by molar-refractivity contribution is 5.78. The third-order valence-corrected chi connectivity index (χ3v) is 3.97. The molecule has 1 aliphatic heterocycles. The highest BCUT2D eigenvalue weighted by Crippen LogP contribution is 2.24. The van der Waals surface area contributed by atoms with Crippen LogP contribution in [0.2, 0.25) is 0 Å². The van der Waals surface area contributed by atoms with Crippen molar-refractivity contribution in [1.29, 1.82) is 0 Å². The van der Waals surface area contributed by atoms with E-state index in [1.165, 1.54) is 18.1 Å². The van der Waals surface area contributed by atoms with Crippen molar-refractivity contribution in [3.05, 3.63) is 47.9 Å². The summed E-state index contributed by atoms with van der Waals surface area (Å²) in [7, 11) is 0. The van der Waals surface area contributed by atoms with Crippen molar-refractivity contribution in [3.63, 3.8) is 0 Å². The van der Waals surface area contributed by atoms with Gasteiger partial charge < -0.3 is 14.8 Å². The monoisotopic (exact) mass is 296 g/mol. The van der Waals surface area contributed by atoms with Gasteiger partial charge in [0.1, 0.15) is 11.9 Å². The Morgan fingerprint density at radius 3 is 2.68 bits per heavy atom. The van der Waals surface area contributed by atoms with Gasteiger partial charge in [0.05, 0.1) is 19.4 Å². The lowest BCUT2D eigenvalue weighted by Crippen LogP contribution is -2.36. The minimum atomic E-state index is 0.481. The summed E-state index contributed by atoms with van der Waals surface area (Å²) in [6, 6.07) is 10.2. The standard InChI is InChI=1S/C16H16N4O2/c21-20-6-5-17-15-11-14(18-16(15)20)12-1-3-13(4-2-12)19-7-9-22-10-8-19/h1-6,11,18H,7-10H2. The van der Waals surface area contributed by atoms with E-state index in [1.807, 2.05) is 6.07 Å². The predicted molar refractivity (Wildman–Crippen MR) is 83.5 cm³/mol. The van der Waals surface area contributed by atoms with E-state index in [4.69, 9.17) is 4.74 Å². The fraction of sp³-hybridized carbons (Fsp3) is 0.250. The molecule has 2 aromatic heterocycles. The first-order chi connectivity index (χ1) is 10.8. The first kappa shape index (κ1) is 13.1. The molecule has 3 heterocycles. The number of hydrogen-bond donors (Lipinski definition) is 1. The van der Waals surface area contributed by atoms with E-state index in [0.29, 0.717) is 11.2 Å². The van der Waals surface area contributed by atoms with Gasteiger partial charge in [-0.05, 0) is 24.3 Å². The SMILES string of the molecule is [O-][n+]1ccnc2cc(-c3ccc(N4CCOCC4)cc3)[nH]c21.